The third-order valence-corrected chi connectivity index (χ3v) is 4.59. The third kappa shape index (κ3) is 4.46. The van der Waals surface area contributed by atoms with E-state index in [0.29, 0.717) is 17.0 Å². The van der Waals surface area contributed by atoms with Crippen LogP contribution in [0.5, 0.6) is 0 Å². The Morgan fingerprint density at radius 2 is 1.81 bits per heavy atom. The Balaban J connectivity index is 0.00000110. The van der Waals surface area contributed by atoms with E-state index in [2.05, 4.69) is 10.2 Å². The van der Waals surface area contributed by atoms with E-state index in [-0.39, 0.29) is 30.6 Å². The lowest BCUT2D eigenvalue weighted by Gasteiger charge is -2.43. The predicted molar refractivity (Wildman–Crippen MR) is 90.4 cm³/mol. The van der Waals surface area contributed by atoms with Crippen LogP contribution in [0.3, 0.4) is 0 Å². The second kappa shape index (κ2) is 8.54. The van der Waals surface area contributed by atoms with Crippen molar-refractivity contribution in [1.29, 1.82) is 0 Å². The van der Waals surface area contributed by atoms with Crippen LogP contribution in [0.2, 0.25) is 5.02 Å². The average molecular weight is 356 g/mol. The summed E-state index contributed by atoms with van der Waals surface area (Å²) in [6.07, 6.45) is 3.81. The second-order valence-corrected chi connectivity index (χ2v) is 6.06. The molecule has 6 heteroatoms. The van der Waals surface area contributed by atoms with Gasteiger partial charge in [0, 0.05) is 37.2 Å². The molecule has 1 aliphatic carbocycles. The molecule has 0 unspecified atom stereocenters. The zero-order chi connectivity index (χ0) is 13.2. The molecular weight excluding hydrogens is 334 g/mol. The zero-order valence-corrected chi connectivity index (χ0v) is 14.2. The van der Waals surface area contributed by atoms with E-state index in [1.165, 1.54) is 25.3 Å². The van der Waals surface area contributed by atoms with Crippen LogP contribution in [0.1, 0.15) is 30.9 Å². The van der Waals surface area contributed by atoms with Gasteiger partial charge in [-0.05, 0) is 42.5 Å². The number of hydrogen-bond acceptors (Lipinski definition) is 2. The maximum Gasteiger partial charge on any atom is 0.125 e. The monoisotopic (exact) mass is 354 g/mol. The van der Waals surface area contributed by atoms with Crippen molar-refractivity contribution in [2.24, 2.45) is 5.92 Å². The van der Waals surface area contributed by atoms with Gasteiger partial charge in [0.1, 0.15) is 5.82 Å². The first-order valence-electron chi connectivity index (χ1n) is 7.15. The van der Waals surface area contributed by atoms with Crippen molar-refractivity contribution in [3.05, 3.63) is 34.6 Å². The first kappa shape index (κ1) is 19.0. The first-order valence-corrected chi connectivity index (χ1v) is 7.52. The topological polar surface area (TPSA) is 15.3 Å². The van der Waals surface area contributed by atoms with Crippen molar-refractivity contribution in [2.75, 3.05) is 26.2 Å². The lowest BCUT2D eigenvalue weighted by atomic mass is 9.76. The Morgan fingerprint density at radius 1 is 1.14 bits per heavy atom. The first-order chi connectivity index (χ1) is 9.24. The Labute approximate surface area is 143 Å². The molecule has 1 atom stereocenters. The fourth-order valence-electron chi connectivity index (χ4n) is 3.24. The van der Waals surface area contributed by atoms with Crippen LogP contribution in [-0.2, 0) is 0 Å². The van der Waals surface area contributed by atoms with E-state index in [1.807, 2.05) is 6.07 Å². The highest BCUT2D eigenvalue weighted by Gasteiger charge is 2.33. The fourth-order valence-corrected chi connectivity index (χ4v) is 3.47. The minimum atomic E-state index is -0.220. The minimum absolute atomic E-state index is 0. The van der Waals surface area contributed by atoms with Crippen molar-refractivity contribution in [3.8, 4) is 0 Å². The molecule has 1 aromatic carbocycles. The zero-order valence-electron chi connectivity index (χ0n) is 11.9. The van der Waals surface area contributed by atoms with Gasteiger partial charge in [0.25, 0.3) is 0 Å². The van der Waals surface area contributed by atoms with Crippen molar-refractivity contribution in [3.63, 3.8) is 0 Å². The molecule has 2 aliphatic rings. The summed E-state index contributed by atoms with van der Waals surface area (Å²) in [6, 6.07) is 5.33. The molecule has 0 amide bonds. The molecule has 0 radical (unpaired) electrons. The largest absolute Gasteiger partial charge is 0.314 e. The van der Waals surface area contributed by atoms with Gasteiger partial charge >= 0.3 is 0 Å². The van der Waals surface area contributed by atoms with Crippen LogP contribution in [0.15, 0.2) is 18.2 Å². The number of nitrogens with zero attached hydrogens (tertiary/aromatic N) is 1. The lowest BCUT2D eigenvalue weighted by Crippen LogP contribution is -2.47. The van der Waals surface area contributed by atoms with Crippen molar-refractivity contribution in [1.82, 2.24) is 10.2 Å². The van der Waals surface area contributed by atoms with Gasteiger partial charge in [-0.3, -0.25) is 4.90 Å². The molecule has 21 heavy (non-hydrogen) atoms. The Hall–Kier alpha value is -0.0600. The predicted octanol–water partition coefficient (Wildman–Crippen LogP) is 4.07. The van der Waals surface area contributed by atoms with E-state index < -0.39 is 0 Å². The minimum Gasteiger partial charge on any atom is -0.314 e. The highest BCUT2D eigenvalue weighted by atomic mass is 35.5. The number of benzene rings is 1. The highest BCUT2D eigenvalue weighted by molar-refractivity contribution is 6.30. The van der Waals surface area contributed by atoms with Gasteiger partial charge in [0.05, 0.1) is 0 Å². The van der Waals surface area contributed by atoms with Crippen LogP contribution in [0.4, 0.5) is 4.39 Å². The van der Waals surface area contributed by atoms with Gasteiger partial charge in [-0.2, -0.15) is 0 Å². The molecule has 1 saturated carbocycles. The maximum absolute atomic E-state index is 13.6. The highest BCUT2D eigenvalue weighted by Crippen LogP contribution is 2.42. The number of rotatable bonds is 3. The van der Waals surface area contributed by atoms with E-state index in [4.69, 9.17) is 11.6 Å². The van der Waals surface area contributed by atoms with Gasteiger partial charge in [0.2, 0.25) is 0 Å². The van der Waals surface area contributed by atoms with Crippen LogP contribution < -0.4 is 5.32 Å². The van der Waals surface area contributed by atoms with Crippen LogP contribution in [0.25, 0.3) is 0 Å². The third-order valence-electron chi connectivity index (χ3n) is 4.37. The van der Waals surface area contributed by atoms with E-state index in [9.17, 15) is 4.39 Å². The summed E-state index contributed by atoms with van der Waals surface area (Å²) in [5.41, 5.74) is 1.05. The number of hydrogen-bond donors (Lipinski definition) is 1. The molecule has 1 aliphatic heterocycles. The molecule has 0 spiro atoms. The Bertz CT molecular complexity index is 428. The molecule has 2 fully saturated rings. The molecular formula is C15H22Cl3FN2. The quantitative estimate of drug-likeness (QED) is 0.879. The molecule has 1 saturated heterocycles. The van der Waals surface area contributed by atoms with Crippen LogP contribution in [-0.4, -0.2) is 31.1 Å². The van der Waals surface area contributed by atoms with Crippen LogP contribution in [0, 0.1) is 11.7 Å². The SMILES string of the molecule is Cl.Cl.Fc1cc(Cl)cc([C@@H](C2CCC2)N2CCNCC2)c1. The lowest BCUT2D eigenvalue weighted by molar-refractivity contribution is 0.0835. The summed E-state index contributed by atoms with van der Waals surface area (Å²) in [4.78, 5) is 2.49. The second-order valence-electron chi connectivity index (χ2n) is 5.62. The molecule has 0 bridgehead atoms. The summed E-state index contributed by atoms with van der Waals surface area (Å²) in [7, 11) is 0. The summed E-state index contributed by atoms with van der Waals surface area (Å²) in [6.45, 7) is 4.11. The van der Waals surface area contributed by atoms with Gasteiger partial charge < -0.3 is 5.32 Å². The summed E-state index contributed by atoms with van der Waals surface area (Å²) in [5, 5.41) is 3.89. The molecule has 1 aromatic rings. The van der Waals surface area contributed by atoms with Crippen molar-refractivity contribution >= 4 is 36.4 Å². The molecule has 2 nitrogen and oxygen atoms in total. The summed E-state index contributed by atoms with van der Waals surface area (Å²) in [5.74, 6) is 0.443. The molecule has 1 N–H and O–H groups in total. The van der Waals surface area contributed by atoms with Crippen molar-refractivity contribution < 1.29 is 4.39 Å². The summed E-state index contributed by atoms with van der Waals surface area (Å²) < 4.78 is 13.6. The van der Waals surface area contributed by atoms with Gasteiger partial charge in [0.15, 0.2) is 0 Å². The van der Waals surface area contributed by atoms with Gasteiger partial charge in [-0.1, -0.05) is 18.0 Å². The van der Waals surface area contributed by atoms with Crippen LogP contribution >= 0.6 is 36.4 Å². The van der Waals surface area contributed by atoms with E-state index in [1.54, 1.807) is 6.07 Å². The number of halogens is 4. The molecule has 3 rings (SSSR count). The fraction of sp³-hybridized carbons (Fsp3) is 0.600. The standard InChI is InChI=1S/C15H20ClFN2.2ClH/c16-13-8-12(9-14(17)10-13)15(11-2-1-3-11)19-6-4-18-5-7-19;;/h8-11,15,18H,1-7H2;2*1H/t15-;;/m1../s1. The number of piperazine rings is 1. The maximum atomic E-state index is 13.6. The normalized spacial score (nSPS) is 20.9. The number of nitrogens with one attached hydrogen (secondary N) is 1. The van der Waals surface area contributed by atoms with Gasteiger partial charge in [-0.25, -0.2) is 4.39 Å². The molecule has 0 aromatic heterocycles. The van der Waals surface area contributed by atoms with Crippen molar-refractivity contribution in [2.45, 2.75) is 25.3 Å². The Morgan fingerprint density at radius 3 is 2.33 bits per heavy atom. The Kier molecular flexibility index (Phi) is 7.72. The molecule has 120 valence electrons. The van der Waals surface area contributed by atoms with E-state index in [0.717, 1.165) is 31.7 Å². The van der Waals surface area contributed by atoms with Gasteiger partial charge in [-0.15, -0.1) is 24.8 Å². The van der Waals surface area contributed by atoms with E-state index >= 15 is 0 Å². The average Bonchev–Trinajstić information content (AvgIpc) is 2.33. The molecule has 1 heterocycles. The summed E-state index contributed by atoms with van der Waals surface area (Å²) >= 11 is 6.03. The smallest absolute Gasteiger partial charge is 0.125 e.